The van der Waals surface area contributed by atoms with Crippen molar-refractivity contribution in [2.75, 3.05) is 0 Å². The number of nitrogens with one attached hydrogen (secondary N) is 1. The standard InChI is InChI=1S/C13H23NO3/c1-8-6-5-7-9(8)11(15)14-10(12(16)17)13(2,3)4/h8-10H,5-7H2,1-4H3,(H,14,15)(H,16,17). The zero-order valence-corrected chi connectivity index (χ0v) is 11.1. The Labute approximate surface area is 103 Å². The molecule has 0 saturated heterocycles. The van der Waals surface area contributed by atoms with Crippen LogP contribution in [0.2, 0.25) is 0 Å². The maximum Gasteiger partial charge on any atom is 0.326 e. The molecule has 3 unspecified atom stereocenters. The van der Waals surface area contributed by atoms with E-state index in [4.69, 9.17) is 5.11 Å². The highest BCUT2D eigenvalue weighted by Crippen LogP contribution is 2.31. The lowest BCUT2D eigenvalue weighted by molar-refractivity contribution is -0.145. The summed E-state index contributed by atoms with van der Waals surface area (Å²) in [4.78, 5) is 23.2. The zero-order chi connectivity index (χ0) is 13.2. The van der Waals surface area contributed by atoms with Gasteiger partial charge in [-0.1, -0.05) is 34.1 Å². The molecule has 0 radical (unpaired) electrons. The van der Waals surface area contributed by atoms with E-state index in [0.29, 0.717) is 5.92 Å². The van der Waals surface area contributed by atoms with Crippen LogP contribution in [0.15, 0.2) is 0 Å². The zero-order valence-electron chi connectivity index (χ0n) is 11.1. The molecule has 0 bridgehead atoms. The second kappa shape index (κ2) is 5.07. The van der Waals surface area contributed by atoms with Crippen molar-refractivity contribution in [3.05, 3.63) is 0 Å². The van der Waals surface area contributed by atoms with Crippen molar-refractivity contribution in [2.45, 2.75) is 53.0 Å². The Morgan fingerprint density at radius 3 is 2.24 bits per heavy atom. The summed E-state index contributed by atoms with van der Waals surface area (Å²) in [7, 11) is 0. The van der Waals surface area contributed by atoms with Crippen molar-refractivity contribution in [3.8, 4) is 0 Å². The second-order valence-electron chi connectivity index (χ2n) is 6.16. The van der Waals surface area contributed by atoms with Crippen LogP contribution in [0.4, 0.5) is 0 Å². The third kappa shape index (κ3) is 3.45. The lowest BCUT2D eigenvalue weighted by Gasteiger charge is -2.29. The van der Waals surface area contributed by atoms with Crippen molar-refractivity contribution in [1.29, 1.82) is 0 Å². The minimum Gasteiger partial charge on any atom is -0.480 e. The first kappa shape index (κ1) is 14.0. The summed E-state index contributed by atoms with van der Waals surface area (Å²) < 4.78 is 0. The van der Waals surface area contributed by atoms with Gasteiger partial charge in [0, 0.05) is 5.92 Å². The molecule has 0 aliphatic heterocycles. The molecule has 17 heavy (non-hydrogen) atoms. The molecule has 2 N–H and O–H groups in total. The third-order valence-corrected chi connectivity index (χ3v) is 3.60. The molecule has 1 aliphatic rings. The number of hydrogen-bond acceptors (Lipinski definition) is 2. The van der Waals surface area contributed by atoms with Gasteiger partial charge in [0.25, 0.3) is 0 Å². The molecule has 0 aromatic rings. The van der Waals surface area contributed by atoms with E-state index in [0.717, 1.165) is 19.3 Å². The molecule has 0 spiro atoms. The van der Waals surface area contributed by atoms with E-state index in [2.05, 4.69) is 12.2 Å². The van der Waals surface area contributed by atoms with Crippen LogP contribution >= 0.6 is 0 Å². The number of carboxylic acid groups (broad SMARTS) is 1. The summed E-state index contributed by atoms with van der Waals surface area (Å²) in [6.07, 6.45) is 3.00. The van der Waals surface area contributed by atoms with Gasteiger partial charge in [0.15, 0.2) is 0 Å². The quantitative estimate of drug-likeness (QED) is 0.794. The molecule has 98 valence electrons. The molecule has 1 saturated carbocycles. The number of carbonyl (C=O) groups is 2. The number of amides is 1. The first-order chi connectivity index (χ1) is 7.73. The minimum atomic E-state index is -0.962. The molecular weight excluding hydrogens is 218 g/mol. The number of carbonyl (C=O) groups excluding carboxylic acids is 1. The third-order valence-electron chi connectivity index (χ3n) is 3.60. The minimum absolute atomic E-state index is 0.0146. The molecular formula is C13H23NO3. The van der Waals surface area contributed by atoms with E-state index >= 15 is 0 Å². The summed E-state index contributed by atoms with van der Waals surface area (Å²) in [6.45, 7) is 7.53. The first-order valence-electron chi connectivity index (χ1n) is 6.26. The van der Waals surface area contributed by atoms with Crippen molar-refractivity contribution < 1.29 is 14.7 Å². The van der Waals surface area contributed by atoms with Crippen LogP contribution in [0.3, 0.4) is 0 Å². The Morgan fingerprint density at radius 1 is 1.29 bits per heavy atom. The summed E-state index contributed by atoms with van der Waals surface area (Å²) >= 11 is 0. The Morgan fingerprint density at radius 2 is 1.88 bits per heavy atom. The van der Waals surface area contributed by atoms with Crippen LogP contribution < -0.4 is 5.32 Å². The highest BCUT2D eigenvalue weighted by Gasteiger charge is 2.36. The number of carboxylic acids is 1. The lowest BCUT2D eigenvalue weighted by atomic mass is 9.86. The average Bonchev–Trinajstić information content (AvgIpc) is 2.58. The molecule has 4 nitrogen and oxygen atoms in total. The van der Waals surface area contributed by atoms with Crippen LogP contribution in [0, 0.1) is 17.3 Å². The Balaban J connectivity index is 2.68. The summed E-state index contributed by atoms with van der Waals surface area (Å²) in [5, 5.41) is 11.8. The summed E-state index contributed by atoms with van der Waals surface area (Å²) in [5.41, 5.74) is -0.469. The second-order valence-corrected chi connectivity index (χ2v) is 6.16. The van der Waals surface area contributed by atoms with Gasteiger partial charge in [-0.15, -0.1) is 0 Å². The van der Waals surface area contributed by atoms with E-state index in [1.54, 1.807) is 0 Å². The monoisotopic (exact) mass is 241 g/mol. The van der Waals surface area contributed by atoms with E-state index in [-0.39, 0.29) is 11.8 Å². The van der Waals surface area contributed by atoms with Gasteiger partial charge in [-0.2, -0.15) is 0 Å². The van der Waals surface area contributed by atoms with E-state index in [1.165, 1.54) is 0 Å². The van der Waals surface area contributed by atoms with Crippen LogP contribution in [0.1, 0.15) is 47.0 Å². The van der Waals surface area contributed by atoms with Gasteiger partial charge in [0.05, 0.1) is 0 Å². The first-order valence-corrected chi connectivity index (χ1v) is 6.26. The maximum atomic E-state index is 12.0. The molecule has 1 fully saturated rings. The van der Waals surface area contributed by atoms with Crippen LogP contribution in [-0.2, 0) is 9.59 Å². The predicted molar refractivity (Wildman–Crippen MR) is 65.5 cm³/mol. The smallest absolute Gasteiger partial charge is 0.326 e. The van der Waals surface area contributed by atoms with Gasteiger partial charge < -0.3 is 10.4 Å². The fourth-order valence-corrected chi connectivity index (χ4v) is 2.43. The largest absolute Gasteiger partial charge is 0.480 e. The number of hydrogen-bond donors (Lipinski definition) is 2. The summed E-state index contributed by atoms with van der Waals surface area (Å²) in [5.74, 6) is -0.711. The molecule has 0 heterocycles. The molecule has 0 aromatic heterocycles. The van der Waals surface area contributed by atoms with Gasteiger partial charge in [0.2, 0.25) is 5.91 Å². The topological polar surface area (TPSA) is 66.4 Å². The highest BCUT2D eigenvalue weighted by atomic mass is 16.4. The predicted octanol–water partition coefficient (Wildman–Crippen LogP) is 2.04. The fourth-order valence-electron chi connectivity index (χ4n) is 2.43. The van der Waals surface area contributed by atoms with Gasteiger partial charge >= 0.3 is 5.97 Å². The molecule has 0 aromatic carbocycles. The maximum absolute atomic E-state index is 12.0. The van der Waals surface area contributed by atoms with Gasteiger partial charge in [0.1, 0.15) is 6.04 Å². The normalized spacial score (nSPS) is 26.6. The van der Waals surface area contributed by atoms with Crippen LogP contribution in [0.25, 0.3) is 0 Å². The molecule has 1 aliphatic carbocycles. The van der Waals surface area contributed by atoms with Crippen LogP contribution in [-0.4, -0.2) is 23.0 Å². The van der Waals surface area contributed by atoms with Crippen molar-refractivity contribution in [2.24, 2.45) is 17.3 Å². The molecule has 1 rings (SSSR count). The Hall–Kier alpha value is -1.06. The lowest BCUT2D eigenvalue weighted by Crippen LogP contribution is -2.51. The van der Waals surface area contributed by atoms with Crippen molar-refractivity contribution >= 4 is 11.9 Å². The van der Waals surface area contributed by atoms with E-state index in [9.17, 15) is 9.59 Å². The SMILES string of the molecule is CC1CCCC1C(=O)NC(C(=O)O)C(C)(C)C. The van der Waals surface area contributed by atoms with Gasteiger partial charge in [-0.3, -0.25) is 4.79 Å². The fraction of sp³-hybridized carbons (Fsp3) is 0.846. The molecule has 4 heteroatoms. The van der Waals surface area contributed by atoms with Gasteiger partial charge in [-0.25, -0.2) is 4.79 Å². The highest BCUT2D eigenvalue weighted by molar-refractivity contribution is 5.85. The Kier molecular flexibility index (Phi) is 4.17. The number of aliphatic carboxylic acids is 1. The Bertz CT molecular complexity index is 306. The molecule has 3 atom stereocenters. The van der Waals surface area contributed by atoms with E-state index < -0.39 is 17.4 Å². The van der Waals surface area contributed by atoms with Crippen molar-refractivity contribution in [3.63, 3.8) is 0 Å². The van der Waals surface area contributed by atoms with Crippen LogP contribution in [0.5, 0.6) is 0 Å². The molecule has 1 amide bonds. The average molecular weight is 241 g/mol. The summed E-state index contributed by atoms with van der Waals surface area (Å²) in [6, 6.07) is -0.817. The van der Waals surface area contributed by atoms with Crippen molar-refractivity contribution in [1.82, 2.24) is 5.32 Å². The van der Waals surface area contributed by atoms with E-state index in [1.807, 2.05) is 20.8 Å². The van der Waals surface area contributed by atoms with Gasteiger partial charge in [-0.05, 0) is 24.2 Å². The number of rotatable bonds is 3.